The van der Waals surface area contributed by atoms with E-state index in [1.807, 2.05) is 18.2 Å². The molecular weight excluding hydrogens is 309 g/mol. The van der Waals surface area contributed by atoms with E-state index in [4.69, 9.17) is 4.52 Å². The molecule has 0 saturated carbocycles. The molecule has 3 heterocycles. The summed E-state index contributed by atoms with van der Waals surface area (Å²) >= 11 is 0. The summed E-state index contributed by atoms with van der Waals surface area (Å²) in [6, 6.07) is 10.4. The first-order chi connectivity index (χ1) is 11.8. The zero-order chi connectivity index (χ0) is 16.4. The van der Waals surface area contributed by atoms with Gasteiger partial charge in [-0.15, -0.1) is 0 Å². The highest BCUT2D eigenvalue weighted by Crippen LogP contribution is 2.35. The molecule has 1 atom stereocenters. The summed E-state index contributed by atoms with van der Waals surface area (Å²) in [5.74, 6) is 1.11. The van der Waals surface area contributed by atoms with E-state index in [-0.39, 0.29) is 12.6 Å². The molecule has 7 heteroatoms. The fourth-order valence-corrected chi connectivity index (χ4v) is 3.13. The van der Waals surface area contributed by atoms with Crippen molar-refractivity contribution in [1.82, 2.24) is 19.9 Å². The molecule has 0 N–H and O–H groups in total. The average Bonchev–Trinajstić information content (AvgIpc) is 3.35. The highest BCUT2D eigenvalue weighted by Gasteiger charge is 2.31. The number of nitrogens with zero attached hydrogens (tertiary/aromatic N) is 5. The van der Waals surface area contributed by atoms with Crippen molar-refractivity contribution in [2.45, 2.75) is 25.4 Å². The molecule has 0 bridgehead atoms. The highest BCUT2D eigenvalue weighted by atomic mass is 19.1. The molecule has 1 aliphatic heterocycles. The molecule has 0 spiro atoms. The fraction of sp³-hybridized carbons (Fsp3) is 0.353. The largest absolute Gasteiger partial charge is 0.360 e. The van der Waals surface area contributed by atoms with Gasteiger partial charge in [0.2, 0.25) is 11.7 Å². The summed E-state index contributed by atoms with van der Waals surface area (Å²) in [4.78, 5) is 6.84. The van der Waals surface area contributed by atoms with E-state index in [9.17, 15) is 4.39 Å². The van der Waals surface area contributed by atoms with Crippen LogP contribution < -0.4 is 4.90 Å². The standard InChI is InChI=1S/C17H18FN5O/c18-8-10-22-12-13(11-19-22)16-20-17(24-21-16)15-7-4-9-23(15)14-5-2-1-3-6-14/h1-3,5-6,11-12,15H,4,7-10H2. The second-order valence-electron chi connectivity index (χ2n) is 5.82. The number of anilines is 1. The van der Waals surface area contributed by atoms with Crippen molar-refractivity contribution in [3.8, 4) is 11.4 Å². The van der Waals surface area contributed by atoms with Crippen LogP contribution in [-0.2, 0) is 6.54 Å². The number of hydrogen-bond donors (Lipinski definition) is 0. The lowest BCUT2D eigenvalue weighted by molar-refractivity contribution is 0.355. The Morgan fingerprint density at radius 2 is 2.12 bits per heavy atom. The maximum atomic E-state index is 12.4. The Morgan fingerprint density at radius 3 is 2.96 bits per heavy atom. The minimum Gasteiger partial charge on any atom is -0.360 e. The Hall–Kier alpha value is -2.70. The number of hydrogen-bond acceptors (Lipinski definition) is 5. The molecule has 1 saturated heterocycles. The van der Waals surface area contributed by atoms with Crippen LogP contribution in [0.25, 0.3) is 11.4 Å². The van der Waals surface area contributed by atoms with Gasteiger partial charge < -0.3 is 9.42 Å². The molecule has 0 radical (unpaired) electrons. The van der Waals surface area contributed by atoms with Crippen LogP contribution in [0.15, 0.2) is 47.2 Å². The highest BCUT2D eigenvalue weighted by molar-refractivity contribution is 5.52. The van der Waals surface area contributed by atoms with Gasteiger partial charge in [-0.25, -0.2) is 4.39 Å². The Kier molecular flexibility index (Phi) is 3.98. The van der Waals surface area contributed by atoms with Crippen molar-refractivity contribution in [2.75, 3.05) is 18.1 Å². The van der Waals surface area contributed by atoms with Gasteiger partial charge in [-0.3, -0.25) is 4.68 Å². The van der Waals surface area contributed by atoms with E-state index in [1.165, 1.54) is 4.68 Å². The van der Waals surface area contributed by atoms with Crippen molar-refractivity contribution in [3.05, 3.63) is 48.6 Å². The molecule has 24 heavy (non-hydrogen) atoms. The van der Waals surface area contributed by atoms with E-state index in [1.54, 1.807) is 12.4 Å². The van der Waals surface area contributed by atoms with E-state index >= 15 is 0 Å². The Labute approximate surface area is 138 Å². The van der Waals surface area contributed by atoms with Gasteiger partial charge in [0.25, 0.3) is 0 Å². The minimum absolute atomic E-state index is 0.0922. The number of benzene rings is 1. The molecule has 0 aliphatic carbocycles. The van der Waals surface area contributed by atoms with Gasteiger partial charge in [0.1, 0.15) is 12.7 Å². The summed E-state index contributed by atoms with van der Waals surface area (Å²) in [6.07, 6.45) is 5.44. The van der Waals surface area contributed by atoms with Gasteiger partial charge in [-0.2, -0.15) is 10.1 Å². The Bertz CT molecular complexity index is 800. The van der Waals surface area contributed by atoms with E-state index in [0.717, 1.165) is 30.6 Å². The zero-order valence-corrected chi connectivity index (χ0v) is 13.2. The number of aromatic nitrogens is 4. The van der Waals surface area contributed by atoms with Gasteiger partial charge >= 0.3 is 0 Å². The van der Waals surface area contributed by atoms with Gasteiger partial charge in [0.05, 0.1) is 18.3 Å². The second kappa shape index (κ2) is 6.43. The fourth-order valence-electron chi connectivity index (χ4n) is 3.13. The number of aryl methyl sites for hydroxylation is 1. The van der Waals surface area contributed by atoms with E-state index in [2.05, 4.69) is 32.3 Å². The van der Waals surface area contributed by atoms with Gasteiger partial charge in [-0.05, 0) is 25.0 Å². The first-order valence-corrected chi connectivity index (χ1v) is 8.09. The first kappa shape index (κ1) is 14.9. The lowest BCUT2D eigenvalue weighted by Gasteiger charge is -2.23. The SMILES string of the molecule is FCCn1cc(-c2noc(C3CCCN3c3ccccc3)n2)cn1. The third-order valence-electron chi connectivity index (χ3n) is 4.27. The maximum Gasteiger partial charge on any atom is 0.249 e. The van der Waals surface area contributed by atoms with Crippen LogP contribution in [0.2, 0.25) is 0 Å². The number of para-hydroxylation sites is 1. The molecule has 0 amide bonds. The summed E-state index contributed by atoms with van der Waals surface area (Å²) in [5, 5.41) is 8.17. The third kappa shape index (κ3) is 2.77. The molecule has 4 rings (SSSR count). The molecule has 1 fully saturated rings. The van der Waals surface area contributed by atoms with Crippen molar-refractivity contribution < 1.29 is 8.91 Å². The third-order valence-corrected chi connectivity index (χ3v) is 4.27. The lowest BCUT2D eigenvalue weighted by Crippen LogP contribution is -2.22. The van der Waals surface area contributed by atoms with Crippen molar-refractivity contribution in [1.29, 1.82) is 0 Å². The average molecular weight is 327 g/mol. The predicted molar refractivity (Wildman–Crippen MR) is 87.3 cm³/mol. The molecule has 2 aromatic heterocycles. The molecule has 1 unspecified atom stereocenters. The minimum atomic E-state index is -0.452. The van der Waals surface area contributed by atoms with Crippen LogP contribution in [0.4, 0.5) is 10.1 Å². The van der Waals surface area contributed by atoms with Gasteiger partial charge in [0.15, 0.2) is 0 Å². The quantitative estimate of drug-likeness (QED) is 0.720. The van der Waals surface area contributed by atoms with Crippen molar-refractivity contribution in [2.24, 2.45) is 0 Å². The summed E-state index contributed by atoms with van der Waals surface area (Å²) in [5.41, 5.74) is 1.90. The summed E-state index contributed by atoms with van der Waals surface area (Å²) in [7, 11) is 0. The number of alkyl halides is 1. The first-order valence-electron chi connectivity index (χ1n) is 8.09. The second-order valence-corrected chi connectivity index (χ2v) is 5.82. The normalized spacial score (nSPS) is 17.5. The van der Waals surface area contributed by atoms with Crippen LogP contribution in [0.3, 0.4) is 0 Å². The summed E-state index contributed by atoms with van der Waals surface area (Å²) < 4.78 is 19.4. The van der Waals surface area contributed by atoms with Crippen LogP contribution in [0.5, 0.6) is 0 Å². The summed E-state index contributed by atoms with van der Waals surface area (Å²) in [6.45, 7) is 0.753. The van der Waals surface area contributed by atoms with Crippen molar-refractivity contribution in [3.63, 3.8) is 0 Å². The van der Waals surface area contributed by atoms with Crippen LogP contribution in [0, 0.1) is 0 Å². The van der Waals surface area contributed by atoms with Crippen LogP contribution in [-0.4, -0.2) is 33.1 Å². The topological polar surface area (TPSA) is 60.0 Å². The molecule has 1 aliphatic rings. The number of rotatable bonds is 5. The number of halogens is 1. The Morgan fingerprint density at radius 1 is 1.25 bits per heavy atom. The van der Waals surface area contributed by atoms with Crippen molar-refractivity contribution >= 4 is 5.69 Å². The van der Waals surface area contributed by atoms with E-state index < -0.39 is 6.67 Å². The zero-order valence-electron chi connectivity index (χ0n) is 13.2. The molecule has 3 aromatic rings. The van der Waals surface area contributed by atoms with Gasteiger partial charge in [-0.1, -0.05) is 23.4 Å². The molecular formula is C17H18FN5O. The van der Waals surface area contributed by atoms with Crippen LogP contribution >= 0.6 is 0 Å². The smallest absolute Gasteiger partial charge is 0.249 e. The van der Waals surface area contributed by atoms with E-state index in [0.29, 0.717) is 11.7 Å². The maximum absolute atomic E-state index is 12.4. The lowest BCUT2D eigenvalue weighted by atomic mass is 10.2. The molecule has 6 nitrogen and oxygen atoms in total. The predicted octanol–water partition coefficient (Wildman–Crippen LogP) is 3.24. The van der Waals surface area contributed by atoms with Gasteiger partial charge in [0, 0.05) is 18.4 Å². The monoisotopic (exact) mass is 327 g/mol. The Balaban J connectivity index is 1.57. The molecule has 1 aromatic carbocycles. The molecule has 124 valence electrons. The van der Waals surface area contributed by atoms with Crippen LogP contribution in [0.1, 0.15) is 24.8 Å².